The molecule has 1 unspecified atom stereocenters. The first-order valence-electron chi connectivity index (χ1n) is 10.3. The second-order valence-corrected chi connectivity index (χ2v) is 11.5. The molecular weight excluding hydrogens is 485 g/mol. The number of carbonyl (C=O) groups is 2. The molecule has 0 spiro atoms. The van der Waals surface area contributed by atoms with Gasteiger partial charge in [0.1, 0.15) is 12.6 Å². The Morgan fingerprint density at radius 1 is 1.03 bits per heavy atom. The van der Waals surface area contributed by atoms with Crippen molar-refractivity contribution < 1.29 is 18.0 Å². The van der Waals surface area contributed by atoms with Crippen LogP contribution in [0.5, 0.6) is 0 Å². The first kappa shape index (κ1) is 27.0. The normalized spacial score (nSPS) is 12.7. The fraction of sp³-hybridized carbons (Fsp3) is 0.391. The number of benzene rings is 2. The molecule has 180 valence electrons. The van der Waals surface area contributed by atoms with E-state index in [-0.39, 0.29) is 23.2 Å². The number of hydrogen-bond acceptors (Lipinski definition) is 4. The molecule has 1 atom stereocenters. The van der Waals surface area contributed by atoms with Gasteiger partial charge in [0.05, 0.1) is 17.0 Å². The highest BCUT2D eigenvalue weighted by Crippen LogP contribution is 2.27. The van der Waals surface area contributed by atoms with Crippen molar-refractivity contribution in [1.82, 2.24) is 10.2 Å². The van der Waals surface area contributed by atoms with Gasteiger partial charge >= 0.3 is 0 Å². The van der Waals surface area contributed by atoms with Crippen molar-refractivity contribution >= 4 is 50.7 Å². The first-order valence-corrected chi connectivity index (χ1v) is 12.9. The Bertz CT molecular complexity index is 1100. The number of para-hydroxylation sites is 1. The van der Waals surface area contributed by atoms with E-state index in [4.69, 9.17) is 23.2 Å². The molecule has 7 nitrogen and oxygen atoms in total. The van der Waals surface area contributed by atoms with E-state index in [0.717, 1.165) is 16.1 Å². The van der Waals surface area contributed by atoms with Gasteiger partial charge in [-0.15, -0.1) is 0 Å². The molecule has 2 amide bonds. The number of carbonyl (C=O) groups excluding carboxylic acids is 2. The predicted octanol–water partition coefficient (Wildman–Crippen LogP) is 4.09. The molecule has 1 N–H and O–H groups in total. The number of rotatable bonds is 8. The highest BCUT2D eigenvalue weighted by Gasteiger charge is 2.31. The van der Waals surface area contributed by atoms with Crippen LogP contribution in [-0.4, -0.2) is 49.5 Å². The van der Waals surface area contributed by atoms with Crippen molar-refractivity contribution in [2.75, 3.05) is 17.1 Å². The molecule has 10 heteroatoms. The molecule has 2 rings (SSSR count). The maximum atomic E-state index is 13.4. The van der Waals surface area contributed by atoms with E-state index in [9.17, 15) is 18.0 Å². The fourth-order valence-electron chi connectivity index (χ4n) is 3.09. The summed E-state index contributed by atoms with van der Waals surface area (Å²) in [5.74, 6) is -0.902. The fourth-order valence-corrected chi connectivity index (χ4v) is 4.37. The summed E-state index contributed by atoms with van der Waals surface area (Å²) in [5.41, 5.74) is 0.427. The maximum absolute atomic E-state index is 13.4. The average Bonchev–Trinajstić information content (AvgIpc) is 2.69. The van der Waals surface area contributed by atoms with Crippen LogP contribution in [0.2, 0.25) is 10.0 Å². The van der Waals surface area contributed by atoms with Gasteiger partial charge < -0.3 is 10.2 Å². The van der Waals surface area contributed by atoms with Gasteiger partial charge in [0.15, 0.2) is 0 Å². The van der Waals surface area contributed by atoms with Crippen LogP contribution in [0.15, 0.2) is 48.5 Å². The van der Waals surface area contributed by atoms with E-state index in [0.29, 0.717) is 5.02 Å². The zero-order valence-electron chi connectivity index (χ0n) is 19.3. The minimum atomic E-state index is -3.84. The SMILES string of the molecule is CC(C(=O)NC(C)(C)C)N(Cc1ccc(Cl)cc1)C(=O)CN(c1ccccc1Cl)S(C)(=O)=O. The van der Waals surface area contributed by atoms with Crippen LogP contribution < -0.4 is 9.62 Å². The van der Waals surface area contributed by atoms with Crippen LogP contribution in [0.3, 0.4) is 0 Å². The molecule has 0 aliphatic rings. The van der Waals surface area contributed by atoms with E-state index in [2.05, 4.69) is 5.32 Å². The number of anilines is 1. The monoisotopic (exact) mass is 513 g/mol. The van der Waals surface area contributed by atoms with Crippen LogP contribution in [0.25, 0.3) is 0 Å². The van der Waals surface area contributed by atoms with Gasteiger partial charge in [-0.3, -0.25) is 13.9 Å². The molecule has 2 aromatic carbocycles. The van der Waals surface area contributed by atoms with Crippen LogP contribution in [0.4, 0.5) is 5.69 Å². The Balaban J connectivity index is 2.41. The molecule has 33 heavy (non-hydrogen) atoms. The predicted molar refractivity (Wildman–Crippen MR) is 133 cm³/mol. The minimum absolute atomic E-state index is 0.0921. The summed E-state index contributed by atoms with van der Waals surface area (Å²) in [4.78, 5) is 27.7. The highest BCUT2D eigenvalue weighted by molar-refractivity contribution is 7.92. The summed E-state index contributed by atoms with van der Waals surface area (Å²) in [6.45, 7) is 6.70. The second-order valence-electron chi connectivity index (χ2n) is 8.78. The van der Waals surface area contributed by atoms with E-state index in [1.165, 1.54) is 11.0 Å². The van der Waals surface area contributed by atoms with Crippen molar-refractivity contribution in [3.63, 3.8) is 0 Å². The number of sulfonamides is 1. The van der Waals surface area contributed by atoms with Crippen molar-refractivity contribution in [2.45, 2.75) is 45.8 Å². The Hall–Kier alpha value is -2.29. The van der Waals surface area contributed by atoms with Crippen molar-refractivity contribution in [1.29, 1.82) is 0 Å². The third kappa shape index (κ3) is 7.91. The summed E-state index contributed by atoms with van der Waals surface area (Å²) in [6.07, 6.45) is 1.00. The lowest BCUT2D eigenvalue weighted by Gasteiger charge is -2.33. The van der Waals surface area contributed by atoms with Crippen molar-refractivity contribution in [3.05, 3.63) is 64.1 Å². The molecule has 0 bridgehead atoms. The first-order chi connectivity index (χ1) is 15.2. The second kappa shape index (κ2) is 10.8. The summed E-state index contributed by atoms with van der Waals surface area (Å²) in [5, 5.41) is 3.60. The molecule has 0 saturated carbocycles. The minimum Gasteiger partial charge on any atom is -0.350 e. The number of halogens is 2. The van der Waals surface area contributed by atoms with Crippen molar-refractivity contribution in [3.8, 4) is 0 Å². The number of nitrogens with zero attached hydrogens (tertiary/aromatic N) is 2. The van der Waals surface area contributed by atoms with Gasteiger partial charge in [-0.05, 0) is 57.5 Å². The molecule has 0 saturated heterocycles. The largest absolute Gasteiger partial charge is 0.350 e. The molecule has 0 aromatic heterocycles. The zero-order chi connectivity index (χ0) is 25.0. The molecular formula is C23H29Cl2N3O4S. The standard InChI is InChI=1S/C23H29Cl2N3O4S/c1-16(22(30)26-23(2,3)4)27(14-17-10-12-18(24)13-11-17)21(29)15-28(33(5,31)32)20-9-7-6-8-19(20)25/h6-13,16H,14-15H2,1-5H3,(H,26,30). The lowest BCUT2D eigenvalue weighted by molar-refractivity contribution is -0.140. The lowest BCUT2D eigenvalue weighted by Crippen LogP contribution is -2.54. The molecule has 0 fully saturated rings. The van der Waals surface area contributed by atoms with Gasteiger partial charge in [-0.2, -0.15) is 0 Å². The van der Waals surface area contributed by atoms with Crippen LogP contribution >= 0.6 is 23.2 Å². The Morgan fingerprint density at radius 3 is 2.12 bits per heavy atom. The third-order valence-electron chi connectivity index (χ3n) is 4.73. The molecule has 0 heterocycles. The summed E-state index contributed by atoms with van der Waals surface area (Å²) in [6, 6.07) is 12.4. The van der Waals surface area contributed by atoms with E-state index in [1.807, 2.05) is 20.8 Å². The average molecular weight is 514 g/mol. The number of amides is 2. The van der Waals surface area contributed by atoms with E-state index in [1.54, 1.807) is 49.4 Å². The molecule has 2 aromatic rings. The number of hydrogen-bond donors (Lipinski definition) is 1. The highest BCUT2D eigenvalue weighted by atomic mass is 35.5. The Labute approximate surface area is 205 Å². The topological polar surface area (TPSA) is 86.8 Å². The summed E-state index contributed by atoms with van der Waals surface area (Å²) in [7, 11) is -3.84. The van der Waals surface area contributed by atoms with Gasteiger partial charge in [0.2, 0.25) is 21.8 Å². The van der Waals surface area contributed by atoms with Gasteiger partial charge in [0, 0.05) is 17.1 Å². The Kier molecular flexibility index (Phi) is 8.79. The van der Waals surface area contributed by atoms with Crippen molar-refractivity contribution in [2.24, 2.45) is 0 Å². The van der Waals surface area contributed by atoms with E-state index >= 15 is 0 Å². The third-order valence-corrected chi connectivity index (χ3v) is 6.43. The van der Waals surface area contributed by atoms with Gasteiger partial charge in [-0.25, -0.2) is 8.42 Å². The van der Waals surface area contributed by atoms with Crippen LogP contribution in [0, 0.1) is 0 Å². The molecule has 0 radical (unpaired) electrons. The summed E-state index contributed by atoms with van der Waals surface area (Å²) < 4.78 is 26.0. The molecule has 0 aliphatic carbocycles. The van der Waals surface area contributed by atoms with Gasteiger partial charge in [-0.1, -0.05) is 47.5 Å². The van der Waals surface area contributed by atoms with Gasteiger partial charge in [0.25, 0.3) is 0 Å². The quantitative estimate of drug-likeness (QED) is 0.575. The number of nitrogens with one attached hydrogen (secondary N) is 1. The maximum Gasteiger partial charge on any atom is 0.244 e. The Morgan fingerprint density at radius 2 is 1.61 bits per heavy atom. The lowest BCUT2D eigenvalue weighted by atomic mass is 10.1. The smallest absolute Gasteiger partial charge is 0.244 e. The van der Waals surface area contributed by atoms with E-state index < -0.39 is 34.1 Å². The van der Waals surface area contributed by atoms with Crippen LogP contribution in [0.1, 0.15) is 33.3 Å². The van der Waals surface area contributed by atoms with Crippen LogP contribution in [-0.2, 0) is 26.2 Å². The zero-order valence-corrected chi connectivity index (χ0v) is 21.6. The summed E-state index contributed by atoms with van der Waals surface area (Å²) >= 11 is 12.2. The molecule has 0 aliphatic heterocycles.